The molecule has 0 aliphatic carbocycles. The van der Waals surface area contributed by atoms with Crippen molar-refractivity contribution in [1.82, 2.24) is 5.06 Å². The number of benzene rings is 3. The van der Waals surface area contributed by atoms with Crippen LogP contribution in [0.3, 0.4) is 0 Å². The zero-order valence-electron chi connectivity index (χ0n) is 17.6. The van der Waals surface area contributed by atoms with Gasteiger partial charge in [-0.25, -0.2) is 9.18 Å². The van der Waals surface area contributed by atoms with Crippen LogP contribution < -0.4 is 0 Å². The third-order valence-corrected chi connectivity index (χ3v) is 5.71. The van der Waals surface area contributed by atoms with Crippen LogP contribution in [0.15, 0.2) is 60.7 Å². The summed E-state index contributed by atoms with van der Waals surface area (Å²) in [5, 5.41) is 10.8. The second-order valence-corrected chi connectivity index (χ2v) is 8.07. The van der Waals surface area contributed by atoms with E-state index < -0.39 is 12.1 Å². The van der Waals surface area contributed by atoms with E-state index in [4.69, 9.17) is 26.3 Å². The van der Waals surface area contributed by atoms with Crippen molar-refractivity contribution >= 4 is 23.7 Å². The highest BCUT2D eigenvalue weighted by Crippen LogP contribution is 2.36. The summed E-state index contributed by atoms with van der Waals surface area (Å²) in [6.45, 7) is 0.567. The monoisotopic (exact) mass is 469 g/mol. The highest BCUT2D eigenvalue weighted by Gasteiger charge is 2.26. The van der Waals surface area contributed by atoms with Crippen LogP contribution in [0, 0.1) is 5.82 Å². The van der Waals surface area contributed by atoms with E-state index in [-0.39, 0.29) is 25.4 Å². The van der Waals surface area contributed by atoms with Gasteiger partial charge in [-0.2, -0.15) is 0 Å². The number of carboxylic acids is 1. The molecule has 3 aromatic carbocycles. The zero-order chi connectivity index (χ0) is 23.4. The highest BCUT2D eigenvalue weighted by atomic mass is 35.5. The first kappa shape index (κ1) is 22.8. The van der Waals surface area contributed by atoms with Gasteiger partial charge in [-0.15, -0.1) is 5.06 Å². The van der Waals surface area contributed by atoms with Gasteiger partial charge >= 0.3 is 12.1 Å². The average molecular weight is 470 g/mol. The fourth-order valence-electron chi connectivity index (χ4n) is 3.85. The van der Waals surface area contributed by atoms with Gasteiger partial charge in [-0.3, -0.25) is 4.79 Å². The van der Waals surface area contributed by atoms with Crippen LogP contribution in [-0.2, 0) is 40.4 Å². The number of aliphatic carboxylic acids is 1. The topological polar surface area (TPSA) is 76.1 Å². The Morgan fingerprint density at radius 3 is 2.48 bits per heavy atom. The molecule has 1 aliphatic heterocycles. The van der Waals surface area contributed by atoms with Gasteiger partial charge in [0.15, 0.2) is 0 Å². The molecule has 0 saturated carbocycles. The molecule has 0 spiro atoms. The van der Waals surface area contributed by atoms with Gasteiger partial charge in [0.05, 0.1) is 13.0 Å². The first-order valence-electron chi connectivity index (χ1n) is 10.3. The summed E-state index contributed by atoms with van der Waals surface area (Å²) < 4.78 is 19.7. The maximum Gasteiger partial charge on any atom is 0.528 e. The van der Waals surface area contributed by atoms with Crippen molar-refractivity contribution in [2.45, 2.75) is 26.0 Å². The van der Waals surface area contributed by atoms with E-state index in [1.807, 2.05) is 30.3 Å². The fourth-order valence-corrected chi connectivity index (χ4v) is 4.15. The van der Waals surface area contributed by atoms with E-state index in [0.29, 0.717) is 45.8 Å². The first-order valence-corrected chi connectivity index (χ1v) is 10.7. The van der Waals surface area contributed by atoms with Crippen molar-refractivity contribution in [3.8, 4) is 11.1 Å². The molecule has 1 aliphatic rings. The quantitative estimate of drug-likeness (QED) is 0.487. The van der Waals surface area contributed by atoms with E-state index in [1.165, 1.54) is 11.1 Å². The van der Waals surface area contributed by atoms with Crippen LogP contribution in [0.5, 0.6) is 0 Å². The van der Waals surface area contributed by atoms with E-state index >= 15 is 0 Å². The number of carboxylic acid groups (broad SMARTS) is 1. The van der Waals surface area contributed by atoms with Gasteiger partial charge < -0.3 is 14.7 Å². The summed E-state index contributed by atoms with van der Waals surface area (Å²) in [6, 6.07) is 17.3. The second-order valence-electron chi connectivity index (χ2n) is 7.67. The van der Waals surface area contributed by atoms with Crippen LogP contribution in [0.1, 0.15) is 22.3 Å². The van der Waals surface area contributed by atoms with Crippen LogP contribution in [-0.4, -0.2) is 28.8 Å². The van der Waals surface area contributed by atoms with Gasteiger partial charge in [0.2, 0.25) is 0 Å². The van der Waals surface area contributed by atoms with E-state index in [1.54, 1.807) is 24.3 Å². The molecule has 0 saturated heterocycles. The molecule has 170 valence electrons. The molecule has 0 radical (unpaired) electrons. The lowest BCUT2D eigenvalue weighted by atomic mass is 9.91. The van der Waals surface area contributed by atoms with Crippen molar-refractivity contribution in [3.05, 3.63) is 93.8 Å². The molecule has 1 N–H and O–H groups in total. The van der Waals surface area contributed by atoms with Crippen molar-refractivity contribution in [1.29, 1.82) is 0 Å². The van der Waals surface area contributed by atoms with Crippen LogP contribution in [0.4, 0.5) is 9.18 Å². The Hall–Kier alpha value is -3.42. The van der Waals surface area contributed by atoms with Crippen LogP contribution in [0.2, 0.25) is 5.02 Å². The van der Waals surface area contributed by atoms with Crippen LogP contribution >= 0.6 is 11.6 Å². The minimum atomic E-state index is -0.954. The molecule has 4 rings (SSSR count). The van der Waals surface area contributed by atoms with Gasteiger partial charge in [-0.1, -0.05) is 60.1 Å². The third-order valence-electron chi connectivity index (χ3n) is 5.40. The highest BCUT2D eigenvalue weighted by molar-refractivity contribution is 6.33. The summed E-state index contributed by atoms with van der Waals surface area (Å²) in [5.41, 5.74) is 3.95. The largest absolute Gasteiger partial charge is 0.528 e. The number of carbonyl (C=O) groups is 2. The van der Waals surface area contributed by atoms with E-state index in [2.05, 4.69) is 0 Å². The minimum Gasteiger partial charge on any atom is -0.481 e. The van der Waals surface area contributed by atoms with E-state index in [0.717, 1.165) is 5.56 Å². The number of ether oxygens (including phenoxy) is 1. The summed E-state index contributed by atoms with van der Waals surface area (Å²) in [4.78, 5) is 28.5. The zero-order valence-corrected chi connectivity index (χ0v) is 18.3. The summed E-state index contributed by atoms with van der Waals surface area (Å²) in [6.07, 6.45) is -0.638. The lowest BCUT2D eigenvalue weighted by molar-refractivity contribution is -0.139. The second kappa shape index (κ2) is 10.0. The molecule has 0 atom stereocenters. The third kappa shape index (κ3) is 5.50. The van der Waals surface area contributed by atoms with Gasteiger partial charge in [0, 0.05) is 17.1 Å². The molecule has 6 nitrogen and oxygen atoms in total. The molecule has 0 unspecified atom stereocenters. The maximum atomic E-state index is 14.5. The number of rotatable bonds is 6. The Balaban J connectivity index is 1.51. The molecule has 3 aromatic rings. The average Bonchev–Trinajstić information content (AvgIpc) is 2.79. The standard InChI is InChI=1S/C25H21ClFNO5/c26-22-12-17(13-24(29)30)6-7-19(22)18-8-9-23(27)20-10-11-28(14-21(18)20)33-25(31)32-15-16-4-2-1-3-5-16/h1-9,12H,10-11,13-15H2,(H,29,30). The molecule has 0 aromatic heterocycles. The summed E-state index contributed by atoms with van der Waals surface area (Å²) >= 11 is 6.44. The predicted octanol–water partition coefficient (Wildman–Crippen LogP) is 5.40. The fraction of sp³-hybridized carbons (Fsp3) is 0.200. The number of hydroxylamine groups is 2. The van der Waals surface area contributed by atoms with Crippen molar-refractivity contribution < 1.29 is 28.7 Å². The number of hydrogen-bond donors (Lipinski definition) is 1. The lowest BCUT2D eigenvalue weighted by Gasteiger charge is -2.29. The van der Waals surface area contributed by atoms with Crippen molar-refractivity contribution in [3.63, 3.8) is 0 Å². The lowest BCUT2D eigenvalue weighted by Crippen LogP contribution is -2.34. The molecule has 8 heteroatoms. The van der Waals surface area contributed by atoms with E-state index in [9.17, 15) is 14.0 Å². The number of carbonyl (C=O) groups excluding carboxylic acids is 1. The Bertz CT molecular complexity index is 1180. The molecule has 0 amide bonds. The smallest absolute Gasteiger partial charge is 0.481 e. The number of halogens is 2. The molecule has 33 heavy (non-hydrogen) atoms. The van der Waals surface area contributed by atoms with Crippen LogP contribution in [0.25, 0.3) is 11.1 Å². The Kier molecular flexibility index (Phi) is 6.91. The summed E-state index contributed by atoms with van der Waals surface area (Å²) in [7, 11) is 0. The molecular formula is C25H21ClFNO5. The van der Waals surface area contributed by atoms with Gasteiger partial charge in [0.25, 0.3) is 0 Å². The first-order chi connectivity index (χ1) is 15.9. The number of nitrogens with zero attached hydrogens (tertiary/aromatic N) is 1. The molecule has 1 heterocycles. The normalized spacial score (nSPS) is 13.3. The molecular weight excluding hydrogens is 449 g/mol. The van der Waals surface area contributed by atoms with Gasteiger partial charge in [0.1, 0.15) is 12.4 Å². The Morgan fingerprint density at radius 2 is 1.76 bits per heavy atom. The number of hydrogen-bond acceptors (Lipinski definition) is 5. The molecule has 0 bridgehead atoms. The Labute approximate surface area is 195 Å². The van der Waals surface area contributed by atoms with Gasteiger partial charge in [-0.05, 0) is 46.4 Å². The molecule has 0 fully saturated rings. The van der Waals surface area contributed by atoms with Crippen molar-refractivity contribution in [2.75, 3.05) is 6.54 Å². The predicted molar refractivity (Wildman–Crippen MR) is 120 cm³/mol. The van der Waals surface area contributed by atoms with Crippen molar-refractivity contribution in [2.24, 2.45) is 0 Å². The Morgan fingerprint density at radius 1 is 1.00 bits per heavy atom. The summed E-state index contributed by atoms with van der Waals surface area (Å²) in [5.74, 6) is -1.29. The maximum absolute atomic E-state index is 14.5. The number of fused-ring (bicyclic) bond motifs is 1. The SMILES string of the molecule is O=C(O)Cc1ccc(-c2ccc(F)c3c2CN(OC(=O)OCc2ccccc2)CC3)c(Cl)c1. The minimum absolute atomic E-state index is 0.0856.